The number of rotatable bonds is 3. The van der Waals surface area contributed by atoms with Crippen molar-refractivity contribution in [2.24, 2.45) is 0 Å². The lowest BCUT2D eigenvalue weighted by atomic mass is 10.1. The number of nitrogens with one attached hydrogen (secondary N) is 1. The largest absolute Gasteiger partial charge is 0.345 e. The van der Waals surface area contributed by atoms with Gasteiger partial charge < -0.3 is 5.32 Å². The van der Waals surface area contributed by atoms with Crippen molar-refractivity contribution in [1.82, 2.24) is 5.32 Å². The summed E-state index contributed by atoms with van der Waals surface area (Å²) in [5, 5.41) is 2.40. The van der Waals surface area contributed by atoms with Crippen molar-refractivity contribution in [3.8, 4) is 0 Å². The molecule has 0 aromatic heterocycles. The number of hydrogen-bond donors (Lipinski definition) is 1. The van der Waals surface area contributed by atoms with Gasteiger partial charge in [0.1, 0.15) is 0 Å². The number of hydrogen-bond acceptors (Lipinski definition) is 1. The first-order chi connectivity index (χ1) is 10.3. The molecule has 0 aliphatic carbocycles. The molecule has 0 spiro atoms. The fourth-order valence-electron chi connectivity index (χ4n) is 1.92. The monoisotopic (exact) mass is 375 g/mol. The van der Waals surface area contributed by atoms with Gasteiger partial charge in [0.15, 0.2) is 23.3 Å². The van der Waals surface area contributed by atoms with E-state index in [1.54, 1.807) is 31.2 Å². The summed E-state index contributed by atoms with van der Waals surface area (Å²) in [6, 6.07) is 6.74. The summed E-state index contributed by atoms with van der Waals surface area (Å²) >= 11 is 3.30. The molecular weight excluding hydrogens is 366 g/mol. The zero-order valence-corrected chi connectivity index (χ0v) is 12.8. The van der Waals surface area contributed by atoms with E-state index in [-0.39, 0.29) is 0 Å². The van der Waals surface area contributed by atoms with Crippen LogP contribution in [0.15, 0.2) is 34.8 Å². The fourth-order valence-corrected chi connectivity index (χ4v) is 2.54. The van der Waals surface area contributed by atoms with E-state index in [0.29, 0.717) is 16.1 Å². The lowest BCUT2D eigenvalue weighted by Gasteiger charge is -2.16. The van der Waals surface area contributed by atoms with E-state index in [9.17, 15) is 22.4 Å². The van der Waals surface area contributed by atoms with E-state index in [4.69, 9.17) is 0 Å². The Labute approximate surface area is 132 Å². The second-order valence-corrected chi connectivity index (χ2v) is 5.42. The third-order valence-corrected chi connectivity index (χ3v) is 3.79. The molecule has 116 valence electrons. The highest BCUT2D eigenvalue weighted by molar-refractivity contribution is 9.10. The first-order valence-corrected chi connectivity index (χ1v) is 7.00. The van der Waals surface area contributed by atoms with E-state index >= 15 is 0 Å². The molecule has 1 N–H and O–H groups in total. The van der Waals surface area contributed by atoms with Gasteiger partial charge in [0.05, 0.1) is 11.6 Å². The van der Waals surface area contributed by atoms with Gasteiger partial charge in [0.2, 0.25) is 0 Å². The molecule has 2 rings (SSSR count). The molecule has 0 saturated heterocycles. The third-order valence-electron chi connectivity index (χ3n) is 3.07. The molecule has 2 aromatic rings. The van der Waals surface area contributed by atoms with Gasteiger partial charge in [-0.25, -0.2) is 17.6 Å². The molecule has 0 radical (unpaired) electrons. The molecule has 0 saturated carbocycles. The molecule has 0 bridgehead atoms. The smallest absolute Gasteiger partial charge is 0.254 e. The number of benzene rings is 2. The molecule has 22 heavy (non-hydrogen) atoms. The van der Waals surface area contributed by atoms with Crippen molar-refractivity contribution < 1.29 is 22.4 Å². The van der Waals surface area contributed by atoms with Crippen molar-refractivity contribution in [3.05, 3.63) is 69.2 Å². The summed E-state index contributed by atoms with van der Waals surface area (Å²) in [7, 11) is 0. The van der Waals surface area contributed by atoms with Crippen LogP contribution in [0, 0.1) is 23.3 Å². The lowest BCUT2D eigenvalue weighted by Crippen LogP contribution is -2.28. The minimum atomic E-state index is -2.02. The van der Waals surface area contributed by atoms with Gasteiger partial charge in [-0.05, 0) is 24.6 Å². The van der Waals surface area contributed by atoms with Gasteiger partial charge in [0.25, 0.3) is 5.91 Å². The molecule has 7 heteroatoms. The first-order valence-electron chi connectivity index (χ1n) is 6.21. The van der Waals surface area contributed by atoms with E-state index < -0.39 is 40.8 Å². The van der Waals surface area contributed by atoms with Crippen LogP contribution >= 0.6 is 15.9 Å². The average Bonchev–Trinajstić information content (AvgIpc) is 2.49. The van der Waals surface area contributed by atoms with Crippen molar-refractivity contribution >= 4 is 21.8 Å². The van der Waals surface area contributed by atoms with Crippen LogP contribution in [0.1, 0.15) is 28.9 Å². The Morgan fingerprint density at radius 2 is 1.73 bits per heavy atom. The molecular formula is C15H10BrF4NO. The first kappa shape index (κ1) is 16.5. The van der Waals surface area contributed by atoms with Gasteiger partial charge >= 0.3 is 0 Å². The molecule has 0 aliphatic heterocycles. The average molecular weight is 376 g/mol. The maximum Gasteiger partial charge on any atom is 0.254 e. The molecule has 0 fully saturated rings. The van der Waals surface area contributed by atoms with Crippen molar-refractivity contribution in [2.75, 3.05) is 0 Å². The minimum absolute atomic E-state index is 0.329. The second kappa shape index (κ2) is 6.48. The molecule has 2 nitrogen and oxygen atoms in total. The molecule has 1 atom stereocenters. The maximum atomic E-state index is 13.6. The summed E-state index contributed by atoms with van der Waals surface area (Å²) in [6.45, 7) is 1.62. The Kier molecular flexibility index (Phi) is 4.85. The topological polar surface area (TPSA) is 29.1 Å². The molecule has 0 heterocycles. The number of halogens is 5. The van der Waals surface area contributed by atoms with Crippen LogP contribution in [-0.4, -0.2) is 5.91 Å². The summed E-state index contributed by atoms with van der Waals surface area (Å²) < 4.78 is 53.5. The van der Waals surface area contributed by atoms with Gasteiger partial charge in [-0.2, -0.15) is 0 Å². The van der Waals surface area contributed by atoms with Crippen LogP contribution in [0.3, 0.4) is 0 Å². The summed E-state index contributed by atoms with van der Waals surface area (Å²) in [6.07, 6.45) is 0. The standard InChI is InChI=1S/C15H10BrF4NO/c1-7(8-4-2-3-5-10(8)16)21-15(22)9-6-11(17)13(19)14(20)12(9)18/h2-7H,1H3,(H,21,22). The predicted molar refractivity (Wildman–Crippen MR) is 76.3 cm³/mol. The SMILES string of the molecule is CC(NC(=O)c1cc(F)c(F)c(F)c1F)c1ccccc1Br. The summed E-state index contributed by atoms with van der Waals surface area (Å²) in [5.74, 6) is -8.36. The van der Waals surface area contributed by atoms with Crippen molar-refractivity contribution in [2.45, 2.75) is 13.0 Å². The van der Waals surface area contributed by atoms with Gasteiger partial charge in [0, 0.05) is 4.47 Å². The predicted octanol–water partition coefficient (Wildman–Crippen LogP) is 4.50. The zero-order chi connectivity index (χ0) is 16.4. The zero-order valence-electron chi connectivity index (χ0n) is 11.3. The minimum Gasteiger partial charge on any atom is -0.345 e. The van der Waals surface area contributed by atoms with E-state index in [0.717, 1.165) is 0 Å². The molecule has 2 aromatic carbocycles. The van der Waals surface area contributed by atoms with Gasteiger partial charge in [-0.1, -0.05) is 34.1 Å². The van der Waals surface area contributed by atoms with Crippen LogP contribution in [0.5, 0.6) is 0 Å². The normalized spacial score (nSPS) is 12.1. The van der Waals surface area contributed by atoms with Crippen LogP contribution in [0.4, 0.5) is 17.6 Å². The Hall–Kier alpha value is -1.89. The highest BCUT2D eigenvalue weighted by Gasteiger charge is 2.24. The maximum absolute atomic E-state index is 13.6. The van der Waals surface area contributed by atoms with Crippen LogP contribution < -0.4 is 5.32 Å². The Morgan fingerprint density at radius 3 is 2.36 bits per heavy atom. The quantitative estimate of drug-likeness (QED) is 0.477. The molecule has 1 unspecified atom stereocenters. The van der Waals surface area contributed by atoms with Crippen LogP contribution in [-0.2, 0) is 0 Å². The molecule has 1 amide bonds. The highest BCUT2D eigenvalue weighted by atomic mass is 79.9. The Bertz CT molecular complexity index is 736. The highest BCUT2D eigenvalue weighted by Crippen LogP contribution is 2.24. The number of amides is 1. The summed E-state index contributed by atoms with van der Waals surface area (Å²) in [5.41, 5.74) is -0.199. The Morgan fingerprint density at radius 1 is 1.09 bits per heavy atom. The molecule has 0 aliphatic rings. The van der Waals surface area contributed by atoms with Crippen molar-refractivity contribution in [1.29, 1.82) is 0 Å². The lowest BCUT2D eigenvalue weighted by molar-refractivity contribution is 0.0933. The third kappa shape index (κ3) is 3.14. The van der Waals surface area contributed by atoms with Gasteiger partial charge in [-0.15, -0.1) is 0 Å². The van der Waals surface area contributed by atoms with E-state index in [1.807, 2.05) is 0 Å². The second-order valence-electron chi connectivity index (χ2n) is 4.56. The number of carbonyl (C=O) groups excluding carboxylic acids is 1. The number of carbonyl (C=O) groups is 1. The van der Waals surface area contributed by atoms with E-state index in [2.05, 4.69) is 21.2 Å². The van der Waals surface area contributed by atoms with E-state index in [1.165, 1.54) is 0 Å². The Balaban J connectivity index is 2.29. The van der Waals surface area contributed by atoms with Crippen LogP contribution in [0.25, 0.3) is 0 Å². The van der Waals surface area contributed by atoms with Crippen LogP contribution in [0.2, 0.25) is 0 Å². The van der Waals surface area contributed by atoms with Crippen molar-refractivity contribution in [3.63, 3.8) is 0 Å². The summed E-state index contributed by atoms with van der Waals surface area (Å²) in [4.78, 5) is 12.0. The fraction of sp³-hybridized carbons (Fsp3) is 0.133. The van der Waals surface area contributed by atoms with Gasteiger partial charge in [-0.3, -0.25) is 4.79 Å².